The number of aliphatic carboxylic acids is 1. The number of nitrogens with two attached hydrogens (primary N) is 1. The van der Waals surface area contributed by atoms with Crippen LogP contribution in [0.25, 0.3) is 0 Å². The van der Waals surface area contributed by atoms with Gasteiger partial charge in [0.15, 0.2) is 0 Å². The van der Waals surface area contributed by atoms with Gasteiger partial charge in [0, 0.05) is 19.6 Å². The molecule has 0 unspecified atom stereocenters. The lowest BCUT2D eigenvalue weighted by Gasteiger charge is -2.04. The molecule has 0 fully saturated rings. The summed E-state index contributed by atoms with van der Waals surface area (Å²) in [7, 11) is 0. The van der Waals surface area contributed by atoms with E-state index in [0.717, 1.165) is 0 Å². The van der Waals surface area contributed by atoms with Crippen LogP contribution in [0.3, 0.4) is 0 Å². The molecule has 82 valence electrons. The van der Waals surface area contributed by atoms with Crippen molar-refractivity contribution in [3.63, 3.8) is 0 Å². The molecule has 0 atom stereocenters. The summed E-state index contributed by atoms with van der Waals surface area (Å²) in [5.41, 5.74) is 5.22. The molecule has 0 rings (SSSR count). The highest BCUT2D eigenvalue weighted by Gasteiger charge is 2.05. The summed E-state index contributed by atoms with van der Waals surface area (Å²) in [6.07, 6.45) is -0.263. The molecule has 0 saturated heterocycles. The Hall–Kier alpha value is -1.14. The summed E-state index contributed by atoms with van der Waals surface area (Å²) in [5, 5.41) is 11.2. The van der Waals surface area contributed by atoms with Gasteiger partial charge in [0.1, 0.15) is 6.61 Å². The zero-order valence-corrected chi connectivity index (χ0v) is 7.99. The molecule has 0 aliphatic rings. The van der Waals surface area contributed by atoms with Crippen molar-refractivity contribution in [3.8, 4) is 0 Å². The van der Waals surface area contributed by atoms with Crippen LogP contribution >= 0.6 is 0 Å². The van der Waals surface area contributed by atoms with E-state index in [-0.39, 0.29) is 19.4 Å². The topological polar surface area (TPSA) is 102 Å². The second kappa shape index (κ2) is 8.46. The molecular formula is C8H16N2O4. The quantitative estimate of drug-likeness (QED) is 0.344. The number of nitrogens with one attached hydrogen (secondary N) is 1. The highest BCUT2D eigenvalue weighted by molar-refractivity contribution is 5.76. The zero-order chi connectivity index (χ0) is 10.8. The summed E-state index contributed by atoms with van der Waals surface area (Å²) >= 11 is 0. The Labute approximate surface area is 82.4 Å². The molecule has 6 nitrogen and oxygen atoms in total. The summed E-state index contributed by atoms with van der Waals surface area (Å²) in [4.78, 5) is 20.9. The number of carbonyl (C=O) groups is 2. The van der Waals surface area contributed by atoms with Crippen LogP contribution in [0.5, 0.6) is 0 Å². The Morgan fingerprint density at radius 1 is 1.29 bits per heavy atom. The second-order valence-corrected chi connectivity index (χ2v) is 2.65. The van der Waals surface area contributed by atoms with Crippen molar-refractivity contribution in [2.75, 3.05) is 26.2 Å². The summed E-state index contributed by atoms with van der Waals surface area (Å²) in [5.74, 6) is -1.48. The molecule has 0 bridgehead atoms. The number of hydrogen-bond donors (Lipinski definition) is 3. The van der Waals surface area contributed by atoms with E-state index in [2.05, 4.69) is 5.32 Å². The molecule has 0 heterocycles. The van der Waals surface area contributed by atoms with Gasteiger partial charge < -0.3 is 20.9 Å². The molecule has 0 aromatic rings. The third-order valence-corrected chi connectivity index (χ3v) is 1.41. The van der Waals surface area contributed by atoms with Crippen molar-refractivity contribution in [1.29, 1.82) is 0 Å². The second-order valence-electron chi connectivity index (χ2n) is 2.65. The van der Waals surface area contributed by atoms with E-state index in [4.69, 9.17) is 15.6 Å². The molecule has 14 heavy (non-hydrogen) atoms. The van der Waals surface area contributed by atoms with Crippen molar-refractivity contribution >= 4 is 11.9 Å². The lowest BCUT2D eigenvalue weighted by atomic mass is 10.3. The molecule has 0 aromatic carbocycles. The Bertz CT molecular complexity index is 184. The fourth-order valence-corrected chi connectivity index (χ4v) is 0.745. The van der Waals surface area contributed by atoms with Gasteiger partial charge in [-0.2, -0.15) is 0 Å². The van der Waals surface area contributed by atoms with Crippen molar-refractivity contribution < 1.29 is 19.4 Å². The van der Waals surface area contributed by atoms with Crippen LogP contribution in [-0.4, -0.2) is 43.3 Å². The van der Waals surface area contributed by atoms with Crippen molar-refractivity contribution in [2.45, 2.75) is 12.8 Å². The van der Waals surface area contributed by atoms with Crippen LogP contribution in [0.15, 0.2) is 0 Å². The average molecular weight is 204 g/mol. The van der Waals surface area contributed by atoms with Gasteiger partial charge in [-0.1, -0.05) is 0 Å². The number of carboxylic acid groups (broad SMARTS) is 1. The highest BCUT2D eigenvalue weighted by Crippen LogP contribution is 1.91. The van der Waals surface area contributed by atoms with Gasteiger partial charge in [-0.05, 0) is 0 Å². The SMILES string of the molecule is NCCNCCOC(=O)CCC(=O)O. The van der Waals surface area contributed by atoms with E-state index in [1.165, 1.54) is 0 Å². The Balaban J connectivity index is 3.22. The normalized spacial score (nSPS) is 9.79. The van der Waals surface area contributed by atoms with Gasteiger partial charge in [0.25, 0.3) is 0 Å². The summed E-state index contributed by atoms with van der Waals surface area (Å²) in [6, 6.07) is 0. The van der Waals surface area contributed by atoms with Gasteiger partial charge >= 0.3 is 11.9 Å². The first kappa shape index (κ1) is 12.9. The first-order valence-electron chi connectivity index (χ1n) is 4.45. The van der Waals surface area contributed by atoms with Gasteiger partial charge in [-0.3, -0.25) is 9.59 Å². The molecule has 6 heteroatoms. The van der Waals surface area contributed by atoms with Crippen molar-refractivity contribution in [2.24, 2.45) is 5.73 Å². The monoisotopic (exact) mass is 204 g/mol. The predicted molar refractivity (Wildman–Crippen MR) is 49.8 cm³/mol. The van der Waals surface area contributed by atoms with E-state index >= 15 is 0 Å². The van der Waals surface area contributed by atoms with Crippen LogP contribution in [0.1, 0.15) is 12.8 Å². The number of hydrogen-bond acceptors (Lipinski definition) is 5. The predicted octanol–water partition coefficient (Wildman–Crippen LogP) is -1.06. The maximum atomic E-state index is 10.8. The smallest absolute Gasteiger partial charge is 0.306 e. The molecule has 4 N–H and O–H groups in total. The van der Waals surface area contributed by atoms with E-state index in [0.29, 0.717) is 19.6 Å². The van der Waals surface area contributed by atoms with Gasteiger partial charge in [0.2, 0.25) is 0 Å². The maximum absolute atomic E-state index is 10.8. The fraction of sp³-hybridized carbons (Fsp3) is 0.750. The molecule has 0 spiro atoms. The largest absolute Gasteiger partial charge is 0.481 e. The van der Waals surface area contributed by atoms with E-state index in [1.54, 1.807) is 0 Å². The number of rotatable bonds is 8. The number of carboxylic acids is 1. The fourth-order valence-electron chi connectivity index (χ4n) is 0.745. The summed E-state index contributed by atoms with van der Waals surface area (Å²) in [6.45, 7) is 1.99. The molecule has 0 aliphatic carbocycles. The third kappa shape index (κ3) is 8.95. The summed E-state index contributed by atoms with van der Waals surface area (Å²) < 4.78 is 4.73. The number of esters is 1. The first-order chi connectivity index (χ1) is 6.66. The Morgan fingerprint density at radius 2 is 2.00 bits per heavy atom. The molecule has 0 aromatic heterocycles. The van der Waals surface area contributed by atoms with Crippen molar-refractivity contribution in [1.82, 2.24) is 5.32 Å². The van der Waals surface area contributed by atoms with Crippen LogP contribution in [0, 0.1) is 0 Å². The standard InChI is InChI=1S/C8H16N2O4/c9-3-4-10-5-6-14-8(13)2-1-7(11)12/h10H,1-6,9H2,(H,11,12). The van der Waals surface area contributed by atoms with Crippen LogP contribution < -0.4 is 11.1 Å². The molecule has 0 amide bonds. The Morgan fingerprint density at radius 3 is 2.57 bits per heavy atom. The van der Waals surface area contributed by atoms with E-state index < -0.39 is 11.9 Å². The van der Waals surface area contributed by atoms with E-state index in [9.17, 15) is 9.59 Å². The van der Waals surface area contributed by atoms with E-state index in [1.807, 2.05) is 0 Å². The minimum Gasteiger partial charge on any atom is -0.481 e. The molecular weight excluding hydrogens is 188 g/mol. The average Bonchev–Trinajstić information content (AvgIpc) is 2.14. The zero-order valence-electron chi connectivity index (χ0n) is 7.99. The van der Waals surface area contributed by atoms with Crippen molar-refractivity contribution in [3.05, 3.63) is 0 Å². The first-order valence-corrected chi connectivity index (χ1v) is 4.45. The van der Waals surface area contributed by atoms with Gasteiger partial charge in [0.05, 0.1) is 12.8 Å². The lowest BCUT2D eigenvalue weighted by Crippen LogP contribution is -2.26. The maximum Gasteiger partial charge on any atom is 0.306 e. The third-order valence-electron chi connectivity index (χ3n) is 1.41. The highest BCUT2D eigenvalue weighted by atomic mass is 16.5. The number of ether oxygens (including phenoxy) is 1. The van der Waals surface area contributed by atoms with Crippen LogP contribution in [0.4, 0.5) is 0 Å². The van der Waals surface area contributed by atoms with Gasteiger partial charge in [-0.25, -0.2) is 0 Å². The van der Waals surface area contributed by atoms with Crippen LogP contribution in [-0.2, 0) is 14.3 Å². The molecule has 0 radical (unpaired) electrons. The minimum absolute atomic E-state index is 0.0772. The molecule has 0 aliphatic heterocycles. The van der Waals surface area contributed by atoms with Crippen LogP contribution in [0.2, 0.25) is 0 Å². The lowest BCUT2D eigenvalue weighted by molar-refractivity contribution is -0.147. The number of carbonyl (C=O) groups excluding carboxylic acids is 1. The Kier molecular flexibility index (Phi) is 7.77. The molecule has 0 saturated carbocycles. The minimum atomic E-state index is -0.997. The van der Waals surface area contributed by atoms with Gasteiger partial charge in [-0.15, -0.1) is 0 Å².